The summed E-state index contributed by atoms with van der Waals surface area (Å²) < 4.78 is 0. The minimum Gasteiger partial charge on any atom is -0.309 e. The number of carbonyl (C=O) groups excluding carboxylic acids is 3. The Balaban J connectivity index is 1.45. The van der Waals surface area contributed by atoms with Crippen molar-refractivity contribution in [3.8, 4) is 0 Å². The van der Waals surface area contributed by atoms with E-state index in [2.05, 4.69) is 20.4 Å². The first-order valence-electron chi connectivity index (χ1n) is 21.7. The summed E-state index contributed by atoms with van der Waals surface area (Å²) >= 11 is 0. The largest absolute Gasteiger partial charge is 0.309 e. The Hall–Kier alpha value is -2.17. The lowest BCUT2D eigenvalue weighted by atomic mass is 9.63. The smallest absolute Gasteiger partial charge is 0.253 e. The fourth-order valence-electron chi connectivity index (χ4n) is 9.14. The van der Waals surface area contributed by atoms with Crippen molar-refractivity contribution in [2.24, 2.45) is 23.7 Å². The third-order valence-corrected chi connectivity index (χ3v) is 12.2. The van der Waals surface area contributed by atoms with E-state index in [9.17, 15) is 14.4 Å². The quantitative estimate of drug-likeness (QED) is 0.0556. The molecule has 2 heterocycles. The third kappa shape index (κ3) is 16.0. The Morgan fingerprint density at radius 2 is 0.740 bits per heavy atom. The Labute approximate surface area is 308 Å². The lowest BCUT2D eigenvalue weighted by Crippen LogP contribution is -2.32. The topological polar surface area (TPSA) is 57.7 Å². The molecule has 5 heteroatoms. The van der Waals surface area contributed by atoms with Gasteiger partial charge in [-0.15, -0.1) is 0 Å². The Bertz CT molecular complexity index is 1010. The first-order chi connectivity index (χ1) is 24.4. The number of nitrogens with zero attached hydrogens (tertiary/aromatic N) is 2. The second-order valence-corrected chi connectivity index (χ2v) is 16.2. The van der Waals surface area contributed by atoms with Gasteiger partial charge in [-0.1, -0.05) is 175 Å². The molecule has 0 bridgehead atoms. The standard InChI is InChI=1S/C45H76N2O3/c1-4-6-8-10-15-21-27-40-37-41(28-22-16-11-12-18-24-34-46-38(3)30-31-43(46)48)42(36-39(40)26-20-14-9-7-5-2)29-23-17-13-19-25-35-47-44(49)32-33-45(47)50/h30-33,39-42H,3-29,34-37H2,1-2H3. The minimum atomic E-state index is -0.146. The van der Waals surface area contributed by atoms with Crippen LogP contribution in [0.25, 0.3) is 0 Å². The lowest BCUT2D eigenvalue weighted by molar-refractivity contribution is -0.136. The van der Waals surface area contributed by atoms with Crippen molar-refractivity contribution < 1.29 is 14.4 Å². The van der Waals surface area contributed by atoms with E-state index in [1.165, 1.54) is 178 Å². The molecule has 0 saturated heterocycles. The average molecular weight is 693 g/mol. The molecule has 3 aliphatic rings. The van der Waals surface area contributed by atoms with E-state index in [1.807, 2.05) is 11.0 Å². The maximum Gasteiger partial charge on any atom is 0.253 e. The van der Waals surface area contributed by atoms with Gasteiger partial charge < -0.3 is 4.90 Å². The van der Waals surface area contributed by atoms with Crippen LogP contribution in [-0.4, -0.2) is 40.6 Å². The SMILES string of the molecule is C=C1C=CC(=O)N1CCCCCCCCC1CC(CCCCCCCC)C(CCCCCCC)CC1CCCCCCCN1C(=O)C=CC1=O. The minimum absolute atomic E-state index is 0.0937. The van der Waals surface area contributed by atoms with Crippen LogP contribution in [0.5, 0.6) is 0 Å². The summed E-state index contributed by atoms with van der Waals surface area (Å²) in [5.41, 5.74) is 0.844. The molecule has 0 aromatic carbocycles. The first kappa shape index (κ1) is 42.2. The number of amides is 3. The molecule has 0 aromatic rings. The van der Waals surface area contributed by atoms with Gasteiger partial charge in [0, 0.05) is 37.0 Å². The molecule has 0 aromatic heterocycles. The number of allylic oxidation sites excluding steroid dienone is 1. The van der Waals surface area contributed by atoms with Crippen LogP contribution in [-0.2, 0) is 14.4 Å². The van der Waals surface area contributed by atoms with E-state index in [1.54, 1.807) is 6.08 Å². The number of unbranched alkanes of at least 4 members (excludes halogenated alkanes) is 18. The summed E-state index contributed by atoms with van der Waals surface area (Å²) in [6.45, 7) is 10.0. The summed E-state index contributed by atoms with van der Waals surface area (Å²) in [5.74, 6) is 3.47. The number of imide groups is 1. The van der Waals surface area contributed by atoms with Gasteiger partial charge >= 0.3 is 0 Å². The van der Waals surface area contributed by atoms with Gasteiger partial charge in [-0.2, -0.15) is 0 Å². The Morgan fingerprint density at radius 1 is 0.440 bits per heavy atom. The van der Waals surface area contributed by atoms with E-state index >= 15 is 0 Å². The van der Waals surface area contributed by atoms with Crippen molar-refractivity contribution in [1.29, 1.82) is 0 Å². The van der Waals surface area contributed by atoms with Crippen molar-refractivity contribution in [3.63, 3.8) is 0 Å². The van der Waals surface area contributed by atoms with Gasteiger partial charge in [0.15, 0.2) is 0 Å². The fraction of sp³-hybridized carbons (Fsp3) is 0.800. The number of hydrogen-bond acceptors (Lipinski definition) is 3. The summed E-state index contributed by atoms with van der Waals surface area (Å²) in [5, 5.41) is 0. The van der Waals surface area contributed by atoms with E-state index < -0.39 is 0 Å². The van der Waals surface area contributed by atoms with E-state index in [4.69, 9.17) is 0 Å². The van der Waals surface area contributed by atoms with Gasteiger partial charge in [-0.3, -0.25) is 19.3 Å². The summed E-state index contributed by atoms with van der Waals surface area (Å²) in [6, 6.07) is 0. The molecular formula is C45H76N2O3. The first-order valence-corrected chi connectivity index (χ1v) is 21.7. The van der Waals surface area contributed by atoms with Crippen molar-refractivity contribution in [2.75, 3.05) is 13.1 Å². The van der Waals surface area contributed by atoms with Gasteiger partial charge in [0.2, 0.25) is 0 Å². The van der Waals surface area contributed by atoms with E-state index in [0.29, 0.717) is 6.54 Å². The van der Waals surface area contributed by atoms with E-state index in [0.717, 1.165) is 55.2 Å². The summed E-state index contributed by atoms with van der Waals surface area (Å²) in [4.78, 5) is 38.9. The zero-order valence-electron chi connectivity index (χ0n) is 32.7. The van der Waals surface area contributed by atoms with Crippen molar-refractivity contribution in [2.45, 2.75) is 194 Å². The number of carbonyl (C=O) groups is 3. The van der Waals surface area contributed by atoms with Crippen molar-refractivity contribution in [3.05, 3.63) is 36.6 Å². The summed E-state index contributed by atoms with van der Waals surface area (Å²) in [7, 11) is 0. The highest BCUT2D eigenvalue weighted by atomic mass is 16.2. The Morgan fingerprint density at radius 3 is 1.10 bits per heavy atom. The van der Waals surface area contributed by atoms with Gasteiger partial charge in [0.05, 0.1) is 0 Å². The molecule has 1 saturated carbocycles. The highest BCUT2D eigenvalue weighted by molar-refractivity contribution is 6.12. The molecule has 4 unspecified atom stereocenters. The number of rotatable bonds is 30. The van der Waals surface area contributed by atoms with Crippen LogP contribution in [0.2, 0.25) is 0 Å². The fourth-order valence-corrected chi connectivity index (χ4v) is 9.14. The molecule has 50 heavy (non-hydrogen) atoms. The molecule has 0 radical (unpaired) electrons. The van der Waals surface area contributed by atoms with Gasteiger partial charge in [0.1, 0.15) is 0 Å². The van der Waals surface area contributed by atoms with Gasteiger partial charge in [-0.05, 0) is 55.4 Å². The second kappa shape index (κ2) is 25.7. The van der Waals surface area contributed by atoms with Crippen LogP contribution < -0.4 is 0 Å². The zero-order chi connectivity index (χ0) is 35.8. The molecule has 284 valence electrons. The lowest BCUT2D eigenvalue weighted by Gasteiger charge is -2.42. The molecule has 0 N–H and O–H groups in total. The molecule has 1 fully saturated rings. The van der Waals surface area contributed by atoms with Crippen molar-refractivity contribution >= 4 is 17.7 Å². The van der Waals surface area contributed by atoms with Crippen LogP contribution in [0.4, 0.5) is 0 Å². The average Bonchev–Trinajstić information content (AvgIpc) is 3.61. The zero-order valence-corrected chi connectivity index (χ0v) is 32.7. The normalized spacial score (nSPS) is 22.2. The van der Waals surface area contributed by atoms with Crippen molar-refractivity contribution in [1.82, 2.24) is 9.80 Å². The van der Waals surface area contributed by atoms with E-state index in [-0.39, 0.29) is 17.7 Å². The number of hydrogen-bond donors (Lipinski definition) is 0. The molecule has 0 spiro atoms. The monoisotopic (exact) mass is 693 g/mol. The predicted octanol–water partition coefficient (Wildman–Crippen LogP) is 12.3. The Kier molecular flexibility index (Phi) is 21.7. The molecule has 3 rings (SSSR count). The van der Waals surface area contributed by atoms with Crippen LogP contribution >= 0.6 is 0 Å². The van der Waals surface area contributed by atoms with Gasteiger partial charge in [0.25, 0.3) is 17.7 Å². The molecule has 4 atom stereocenters. The highest BCUT2D eigenvalue weighted by Crippen LogP contribution is 2.46. The maximum atomic E-state index is 12.0. The molecular weight excluding hydrogens is 617 g/mol. The molecule has 2 aliphatic heterocycles. The molecule has 3 amide bonds. The van der Waals surface area contributed by atoms with Crippen LogP contribution in [0, 0.1) is 23.7 Å². The maximum absolute atomic E-state index is 12.0. The van der Waals surface area contributed by atoms with Crippen LogP contribution in [0.3, 0.4) is 0 Å². The van der Waals surface area contributed by atoms with Crippen LogP contribution in [0.15, 0.2) is 36.6 Å². The second-order valence-electron chi connectivity index (χ2n) is 16.2. The third-order valence-electron chi connectivity index (χ3n) is 12.2. The van der Waals surface area contributed by atoms with Crippen LogP contribution in [0.1, 0.15) is 194 Å². The van der Waals surface area contributed by atoms with Gasteiger partial charge in [-0.25, -0.2) is 0 Å². The predicted molar refractivity (Wildman–Crippen MR) is 210 cm³/mol. The molecule has 1 aliphatic carbocycles. The molecule has 5 nitrogen and oxygen atoms in total. The summed E-state index contributed by atoms with van der Waals surface area (Å²) in [6.07, 6.45) is 43.8. The highest BCUT2D eigenvalue weighted by Gasteiger charge is 2.35.